The van der Waals surface area contributed by atoms with E-state index >= 15 is 4.39 Å². The summed E-state index contributed by atoms with van der Waals surface area (Å²) in [7, 11) is 0. The summed E-state index contributed by atoms with van der Waals surface area (Å²) in [4.78, 5) is 34.1. The molecule has 3 saturated heterocycles. The highest BCUT2D eigenvalue weighted by atomic mass is 19.1. The largest absolute Gasteiger partial charge is 0.463 e. The van der Waals surface area contributed by atoms with E-state index in [9.17, 15) is 4.79 Å². The molecule has 1 amide bonds. The van der Waals surface area contributed by atoms with Gasteiger partial charge >= 0.3 is 12.1 Å². The van der Waals surface area contributed by atoms with Gasteiger partial charge in [0.1, 0.15) is 22.6 Å². The number of hydrogen-bond acceptors (Lipinski definition) is 10. The summed E-state index contributed by atoms with van der Waals surface area (Å²) in [5.41, 5.74) is 2.25. The summed E-state index contributed by atoms with van der Waals surface area (Å²) in [6.07, 6.45) is 7.01. The van der Waals surface area contributed by atoms with Gasteiger partial charge in [-0.05, 0) is 65.0 Å². The molecule has 1 aromatic carbocycles. The molecule has 4 aliphatic rings. The molecule has 0 spiro atoms. The minimum absolute atomic E-state index is 0.0415. The zero-order valence-corrected chi connectivity index (χ0v) is 28.2. The molecule has 1 saturated carbocycles. The Kier molecular flexibility index (Phi) is 7.66. The predicted molar refractivity (Wildman–Crippen MR) is 181 cm³/mol. The number of aryl methyl sites for hydroxylation is 1. The van der Waals surface area contributed by atoms with Crippen LogP contribution in [0.25, 0.3) is 33.1 Å². The van der Waals surface area contributed by atoms with E-state index in [0.717, 1.165) is 74.9 Å². The zero-order chi connectivity index (χ0) is 33.2. The number of anilines is 1. The van der Waals surface area contributed by atoms with Crippen molar-refractivity contribution in [2.24, 2.45) is 5.41 Å². The lowest BCUT2D eigenvalue weighted by Gasteiger charge is -2.42. The number of aromatic amines is 1. The average Bonchev–Trinajstić information content (AvgIpc) is 3.54. The van der Waals surface area contributed by atoms with E-state index in [1.807, 2.05) is 44.7 Å². The second kappa shape index (κ2) is 11.8. The second-order valence-electron chi connectivity index (χ2n) is 15.1. The topological polar surface area (TPSA) is 125 Å². The molecular weight excluding hydrogens is 613 g/mol. The summed E-state index contributed by atoms with van der Waals surface area (Å²) in [6.45, 7) is 14.2. The first-order valence-corrected chi connectivity index (χ1v) is 17.2. The fourth-order valence-electron chi connectivity index (χ4n) is 7.72. The molecule has 12 nitrogen and oxygen atoms in total. The lowest BCUT2D eigenvalue weighted by atomic mass is 10.00. The first-order chi connectivity index (χ1) is 23.1. The van der Waals surface area contributed by atoms with Crippen molar-refractivity contribution in [1.82, 2.24) is 40.3 Å². The molecule has 4 fully saturated rings. The van der Waals surface area contributed by atoms with Crippen LogP contribution in [0.2, 0.25) is 0 Å². The van der Waals surface area contributed by atoms with Crippen molar-refractivity contribution >= 4 is 33.7 Å². The smallest absolute Gasteiger partial charge is 0.410 e. The molecule has 1 aliphatic carbocycles. The molecular formula is C35H44FN9O3. The standard InChI is InChI=1S/C35H44FN9O3/c1-21-5-8-26-24(16-39-42-26)27(21)30-28(36)29-25(15-38-30)31(44-17-22-6-7-23(18-44)45(22)33(46)48-34(2,3)4)41-32(40-29)47-20-35(9-10-35)19-43-13-11-37-12-14-43/h5,8,15-16,22-23,37H,6-7,9-14,17-20H2,1-4H3,(H,39,42). The van der Waals surface area contributed by atoms with Gasteiger partial charge in [-0.3, -0.25) is 15.0 Å². The monoisotopic (exact) mass is 657 g/mol. The Morgan fingerprint density at radius 1 is 1.06 bits per heavy atom. The van der Waals surface area contributed by atoms with Crippen molar-refractivity contribution in [2.75, 3.05) is 57.3 Å². The number of piperazine rings is 2. The van der Waals surface area contributed by atoms with Crippen molar-refractivity contribution < 1.29 is 18.7 Å². The molecule has 2 atom stereocenters. The molecule has 2 unspecified atom stereocenters. The Balaban J connectivity index is 1.15. The van der Waals surface area contributed by atoms with Crippen LogP contribution in [0, 0.1) is 18.2 Å². The second-order valence-corrected chi connectivity index (χ2v) is 15.1. The highest BCUT2D eigenvalue weighted by molar-refractivity contribution is 5.98. The zero-order valence-electron chi connectivity index (χ0n) is 28.2. The maximum absolute atomic E-state index is 16.8. The number of benzene rings is 1. The Morgan fingerprint density at radius 2 is 1.81 bits per heavy atom. The Bertz CT molecular complexity index is 1850. The number of nitrogens with one attached hydrogen (secondary N) is 2. The van der Waals surface area contributed by atoms with Crippen LogP contribution >= 0.6 is 0 Å². The molecule has 8 rings (SSSR count). The number of halogens is 1. The van der Waals surface area contributed by atoms with Crippen LogP contribution in [0.5, 0.6) is 6.01 Å². The van der Waals surface area contributed by atoms with Gasteiger partial charge in [0.25, 0.3) is 0 Å². The molecule has 3 aliphatic heterocycles. The van der Waals surface area contributed by atoms with Gasteiger partial charge in [-0.1, -0.05) is 6.07 Å². The molecule has 13 heteroatoms. The molecule has 6 heterocycles. The number of nitrogens with zero attached hydrogens (tertiary/aromatic N) is 7. The number of carbonyl (C=O) groups excluding carboxylic acids is 1. The molecule has 2 N–H and O–H groups in total. The van der Waals surface area contributed by atoms with Gasteiger partial charge in [0.05, 0.1) is 35.8 Å². The van der Waals surface area contributed by atoms with Crippen LogP contribution in [-0.2, 0) is 4.74 Å². The van der Waals surface area contributed by atoms with E-state index in [2.05, 4.69) is 25.3 Å². The van der Waals surface area contributed by atoms with E-state index in [-0.39, 0.29) is 40.8 Å². The maximum atomic E-state index is 16.8. The van der Waals surface area contributed by atoms with Crippen LogP contribution in [0.3, 0.4) is 0 Å². The quantitative estimate of drug-likeness (QED) is 0.290. The number of H-pyrrole nitrogens is 1. The van der Waals surface area contributed by atoms with Crippen LogP contribution < -0.4 is 15.0 Å². The highest BCUT2D eigenvalue weighted by Gasteiger charge is 2.46. The molecule has 3 aromatic heterocycles. The molecule has 2 bridgehead atoms. The van der Waals surface area contributed by atoms with Crippen molar-refractivity contribution in [3.05, 3.63) is 35.9 Å². The van der Waals surface area contributed by atoms with Gasteiger partial charge in [0.15, 0.2) is 5.82 Å². The minimum atomic E-state index is -0.577. The number of rotatable bonds is 7. The molecule has 0 radical (unpaired) electrons. The van der Waals surface area contributed by atoms with E-state index in [1.165, 1.54) is 0 Å². The molecule has 4 aromatic rings. The van der Waals surface area contributed by atoms with E-state index in [1.54, 1.807) is 12.4 Å². The number of amides is 1. The first kappa shape index (κ1) is 31.2. The van der Waals surface area contributed by atoms with Crippen LogP contribution in [0.1, 0.15) is 52.0 Å². The highest BCUT2D eigenvalue weighted by Crippen LogP contribution is 2.47. The third-order valence-corrected chi connectivity index (χ3v) is 10.3. The van der Waals surface area contributed by atoms with Crippen molar-refractivity contribution in [3.63, 3.8) is 0 Å². The first-order valence-electron chi connectivity index (χ1n) is 17.2. The van der Waals surface area contributed by atoms with Gasteiger partial charge in [-0.25, -0.2) is 9.18 Å². The number of hydrogen-bond donors (Lipinski definition) is 2. The Morgan fingerprint density at radius 3 is 2.52 bits per heavy atom. The van der Waals surface area contributed by atoms with Gasteiger partial charge in [0.2, 0.25) is 0 Å². The Hall–Kier alpha value is -4.10. The van der Waals surface area contributed by atoms with Gasteiger partial charge in [0, 0.05) is 68.4 Å². The summed E-state index contributed by atoms with van der Waals surface area (Å²) < 4.78 is 29.0. The lowest BCUT2D eigenvalue weighted by Crippen LogP contribution is -2.57. The molecule has 48 heavy (non-hydrogen) atoms. The average molecular weight is 658 g/mol. The number of aromatic nitrogens is 5. The van der Waals surface area contributed by atoms with Crippen LogP contribution in [-0.4, -0.2) is 111 Å². The summed E-state index contributed by atoms with van der Waals surface area (Å²) in [5.74, 6) is 0.0639. The summed E-state index contributed by atoms with van der Waals surface area (Å²) in [5, 5.41) is 11.9. The van der Waals surface area contributed by atoms with E-state index in [4.69, 9.17) is 24.4 Å². The number of carbonyl (C=O) groups is 1. The van der Waals surface area contributed by atoms with E-state index < -0.39 is 11.4 Å². The maximum Gasteiger partial charge on any atom is 0.410 e. The number of pyridine rings is 1. The van der Waals surface area contributed by atoms with Gasteiger partial charge < -0.3 is 24.6 Å². The van der Waals surface area contributed by atoms with Gasteiger partial charge in [-0.15, -0.1) is 0 Å². The fourth-order valence-corrected chi connectivity index (χ4v) is 7.72. The third-order valence-electron chi connectivity index (χ3n) is 10.3. The Labute approximate surface area is 279 Å². The van der Waals surface area contributed by atoms with E-state index in [0.29, 0.717) is 36.5 Å². The third kappa shape index (κ3) is 5.80. The minimum Gasteiger partial charge on any atom is -0.463 e. The van der Waals surface area contributed by atoms with Crippen molar-refractivity contribution in [2.45, 2.75) is 71.1 Å². The summed E-state index contributed by atoms with van der Waals surface area (Å²) >= 11 is 0. The van der Waals surface area contributed by atoms with Crippen LogP contribution in [0.15, 0.2) is 24.5 Å². The fraction of sp³-hybridized carbons (Fsp3) is 0.571. The van der Waals surface area contributed by atoms with Gasteiger partial charge in [-0.2, -0.15) is 15.1 Å². The normalized spacial score (nSPS) is 22.4. The molecule has 254 valence electrons. The van der Waals surface area contributed by atoms with Crippen molar-refractivity contribution in [1.29, 1.82) is 0 Å². The van der Waals surface area contributed by atoms with Crippen molar-refractivity contribution in [3.8, 4) is 17.3 Å². The lowest BCUT2D eigenvalue weighted by molar-refractivity contribution is 0.0122. The number of ether oxygens (including phenoxy) is 2. The SMILES string of the molecule is Cc1ccc2[nH]ncc2c1-c1ncc2c(N3CC4CCC(C3)N4C(=O)OC(C)(C)C)nc(OCC3(CN4CCNCC4)CC3)nc2c1F. The number of fused-ring (bicyclic) bond motifs is 4. The predicted octanol–water partition coefficient (Wildman–Crippen LogP) is 4.67. The van der Waals surface area contributed by atoms with Crippen LogP contribution in [0.4, 0.5) is 15.0 Å². The summed E-state index contributed by atoms with van der Waals surface area (Å²) in [6, 6.07) is 3.96.